The molecule has 6 rings (SSSR count). The van der Waals surface area contributed by atoms with Crippen LogP contribution in [0.25, 0.3) is 5.57 Å². The Morgan fingerprint density at radius 3 is 2.11 bits per heavy atom. The van der Waals surface area contributed by atoms with Gasteiger partial charge in [-0.15, -0.1) is 13.1 Å². The molecular formula is C39H47LiN4O3-2. The van der Waals surface area contributed by atoms with Gasteiger partial charge in [-0.2, -0.15) is 0 Å². The third kappa shape index (κ3) is 9.45. The van der Waals surface area contributed by atoms with Crippen molar-refractivity contribution < 1.29 is 33.2 Å². The van der Waals surface area contributed by atoms with Gasteiger partial charge < -0.3 is 33.6 Å². The molecule has 3 aliphatic rings. The van der Waals surface area contributed by atoms with E-state index in [1.54, 1.807) is 18.0 Å². The maximum atomic E-state index is 13.1. The van der Waals surface area contributed by atoms with Crippen molar-refractivity contribution in [3.63, 3.8) is 0 Å². The van der Waals surface area contributed by atoms with Gasteiger partial charge >= 0.3 is 18.9 Å². The molecule has 0 bridgehead atoms. The molecule has 1 atom stereocenters. The van der Waals surface area contributed by atoms with E-state index in [9.17, 15) is 9.59 Å². The minimum atomic E-state index is -0.139. The predicted molar refractivity (Wildman–Crippen MR) is 185 cm³/mol. The number of hydrogen-bond acceptors (Lipinski definition) is 6. The van der Waals surface area contributed by atoms with Crippen LogP contribution in [0.3, 0.4) is 0 Å². The summed E-state index contributed by atoms with van der Waals surface area (Å²) in [5.74, 6) is -0.0512. The van der Waals surface area contributed by atoms with E-state index in [4.69, 9.17) is 0 Å². The second-order valence-corrected chi connectivity index (χ2v) is 12.6. The van der Waals surface area contributed by atoms with Gasteiger partial charge in [0.15, 0.2) is 0 Å². The summed E-state index contributed by atoms with van der Waals surface area (Å²) in [4.78, 5) is 31.6. The molecule has 2 aromatic carbocycles. The first-order chi connectivity index (χ1) is 22.4. The fraction of sp³-hybridized carbons (Fsp3) is 0.410. The Kier molecular flexibility index (Phi) is 13.9. The zero-order chi connectivity index (χ0) is 32.5. The van der Waals surface area contributed by atoms with Crippen LogP contribution in [-0.2, 0) is 9.53 Å². The molecule has 1 aliphatic carbocycles. The number of carbonyl (C=O) groups is 1. The van der Waals surface area contributed by atoms with Gasteiger partial charge in [0.2, 0.25) is 0 Å². The third-order valence-electron chi connectivity index (χ3n) is 9.43. The van der Waals surface area contributed by atoms with E-state index in [0.29, 0.717) is 31.9 Å². The standard InChI is InChI=1S/C35H42N4O.C4H5O2.Li/c1-5-38(6-2)33-22-31(23-36-24-33)35(40)37-26(4)27-14-16-29(17-15-27)34(28-12-10-25(3)11-13-28)30-18-20-39(21-19-30)32-8-7-9-32;5-1-4-2-6-3-4;/h10-17,22-24,26,32H,1-2,5-9,18-21H2,3-4H3,(H,37,40);4H,2-3H2;/q-2;-1;+1/t26-;;/m1../s1. The second-order valence-electron chi connectivity index (χ2n) is 12.6. The number of likely N-dealkylation sites (tertiary alicyclic amines) is 1. The van der Waals surface area contributed by atoms with Crippen LogP contribution in [0.4, 0.5) is 5.69 Å². The van der Waals surface area contributed by atoms with Crippen LogP contribution in [0.15, 0.2) is 72.6 Å². The first kappa shape index (κ1) is 36.6. The van der Waals surface area contributed by atoms with Crippen LogP contribution in [-0.4, -0.2) is 67.5 Å². The Hall–Kier alpha value is -3.21. The van der Waals surface area contributed by atoms with Crippen LogP contribution < -0.4 is 29.1 Å². The predicted octanol–water partition coefficient (Wildman–Crippen LogP) is 3.55. The van der Waals surface area contributed by atoms with Gasteiger partial charge in [0.25, 0.3) is 5.91 Å². The van der Waals surface area contributed by atoms with Gasteiger partial charge in [-0.3, -0.25) is 21.0 Å². The van der Waals surface area contributed by atoms with Crippen LogP contribution >= 0.6 is 0 Å². The first-order valence-corrected chi connectivity index (χ1v) is 16.6. The smallest absolute Gasteiger partial charge is 0.541 e. The molecule has 2 aliphatic heterocycles. The number of pyridine rings is 1. The van der Waals surface area contributed by atoms with Crippen molar-refractivity contribution in [1.82, 2.24) is 15.2 Å². The van der Waals surface area contributed by atoms with Crippen molar-refractivity contribution in [3.8, 4) is 0 Å². The van der Waals surface area contributed by atoms with Gasteiger partial charge in [0.05, 0.1) is 23.5 Å². The van der Waals surface area contributed by atoms with E-state index >= 15 is 0 Å². The zero-order valence-corrected chi connectivity index (χ0v) is 28.3. The molecule has 3 aromatic rings. The number of anilines is 1. The number of hydrogen-bond donors (Lipinski definition) is 1. The number of rotatable bonds is 10. The van der Waals surface area contributed by atoms with E-state index in [2.05, 4.69) is 89.2 Å². The number of nitrogens with one attached hydrogen (secondary N) is 1. The van der Waals surface area contributed by atoms with Crippen LogP contribution in [0.5, 0.6) is 0 Å². The molecule has 1 amide bonds. The molecule has 1 N–H and O–H groups in total. The Labute approximate surface area is 293 Å². The van der Waals surface area contributed by atoms with Crippen molar-refractivity contribution in [2.45, 2.75) is 58.0 Å². The molecular weight excluding hydrogens is 579 g/mol. The van der Waals surface area contributed by atoms with Crippen molar-refractivity contribution >= 4 is 23.5 Å². The van der Waals surface area contributed by atoms with E-state index < -0.39 is 0 Å². The second kappa shape index (κ2) is 17.8. The summed E-state index contributed by atoms with van der Waals surface area (Å²) in [5, 5.41) is 3.14. The van der Waals surface area contributed by atoms with Gasteiger partial charge in [-0.1, -0.05) is 72.0 Å². The fourth-order valence-electron chi connectivity index (χ4n) is 6.16. The Bertz CT molecular complexity index is 1470. The summed E-state index contributed by atoms with van der Waals surface area (Å²) < 4.78 is 4.66. The number of nitrogens with zero attached hydrogens (tertiary/aromatic N) is 3. The Morgan fingerprint density at radius 2 is 1.62 bits per heavy atom. The zero-order valence-electron chi connectivity index (χ0n) is 28.3. The average molecular weight is 627 g/mol. The number of aryl methyl sites for hydroxylation is 1. The summed E-state index contributed by atoms with van der Waals surface area (Å²) in [5.41, 5.74) is 9.20. The van der Waals surface area contributed by atoms with Crippen molar-refractivity contribution in [2.75, 3.05) is 44.3 Å². The van der Waals surface area contributed by atoms with Crippen LogP contribution in [0.1, 0.15) is 77.7 Å². The minimum Gasteiger partial charge on any atom is -0.541 e. The van der Waals surface area contributed by atoms with Crippen molar-refractivity contribution in [2.24, 2.45) is 5.92 Å². The Balaban J connectivity index is 0.000000643. The molecule has 8 heteroatoms. The van der Waals surface area contributed by atoms with Gasteiger partial charge in [0, 0.05) is 38.5 Å². The van der Waals surface area contributed by atoms with Gasteiger partial charge in [-0.05, 0) is 67.9 Å². The summed E-state index contributed by atoms with van der Waals surface area (Å²) >= 11 is 0. The van der Waals surface area contributed by atoms with Gasteiger partial charge in [0.1, 0.15) is 0 Å². The average Bonchev–Trinajstić information content (AvgIpc) is 3.03. The van der Waals surface area contributed by atoms with E-state index in [1.165, 1.54) is 41.5 Å². The number of carbonyl (C=O) groups excluding carboxylic acids is 2. The van der Waals surface area contributed by atoms with Crippen LogP contribution in [0.2, 0.25) is 0 Å². The van der Waals surface area contributed by atoms with E-state index in [1.807, 2.05) is 24.2 Å². The van der Waals surface area contributed by atoms with Crippen molar-refractivity contribution in [3.05, 3.63) is 114 Å². The molecule has 3 heterocycles. The molecule has 0 spiro atoms. The maximum Gasteiger partial charge on any atom is 1.00 e. The molecule has 2 saturated heterocycles. The molecule has 0 radical (unpaired) electrons. The van der Waals surface area contributed by atoms with Gasteiger partial charge in [-0.25, -0.2) is 0 Å². The summed E-state index contributed by atoms with van der Waals surface area (Å²) in [6.07, 6.45) is 11.6. The first-order valence-electron chi connectivity index (χ1n) is 16.6. The summed E-state index contributed by atoms with van der Waals surface area (Å²) in [6.45, 7) is 16.7. The number of piperidine rings is 1. The molecule has 244 valence electrons. The molecule has 0 unspecified atom stereocenters. The van der Waals surface area contributed by atoms with E-state index in [0.717, 1.165) is 43.2 Å². The number of amides is 1. The Morgan fingerprint density at radius 1 is 1.00 bits per heavy atom. The van der Waals surface area contributed by atoms with E-state index in [-0.39, 0.29) is 36.7 Å². The topological polar surface area (TPSA) is 74.8 Å². The van der Waals surface area contributed by atoms with Crippen molar-refractivity contribution in [1.29, 1.82) is 0 Å². The monoisotopic (exact) mass is 626 g/mol. The molecule has 7 nitrogen and oxygen atoms in total. The fourth-order valence-corrected chi connectivity index (χ4v) is 6.16. The number of ether oxygens (including phenoxy) is 1. The minimum absolute atomic E-state index is 0. The number of aromatic nitrogens is 1. The molecule has 1 aromatic heterocycles. The molecule has 1 saturated carbocycles. The summed E-state index contributed by atoms with van der Waals surface area (Å²) in [6, 6.07) is 20.2. The normalized spacial score (nSPS) is 17.1. The largest absolute Gasteiger partial charge is 1.00 e. The van der Waals surface area contributed by atoms with Crippen LogP contribution in [0, 0.1) is 26.7 Å². The summed E-state index contributed by atoms with van der Waals surface area (Å²) in [7, 11) is 0. The molecule has 47 heavy (non-hydrogen) atoms. The maximum absolute atomic E-state index is 13.1. The SMILES string of the molecule is O=[C-]C1COC1.[CH2-]CN(C[CH2-])c1cncc(C(=O)N[C@H](C)c2ccc(C(=C3CCN(C4CCC4)CC3)c3ccc(C)cc3)cc2)c1.[Li+]. The molecule has 3 fully saturated rings. The quantitative estimate of drug-likeness (QED) is 0.274. The number of benzene rings is 2. The third-order valence-corrected chi connectivity index (χ3v) is 9.43.